The van der Waals surface area contributed by atoms with Crippen LogP contribution in [0.4, 0.5) is 0 Å². The van der Waals surface area contributed by atoms with E-state index in [0.717, 1.165) is 43.8 Å². The summed E-state index contributed by atoms with van der Waals surface area (Å²) in [5.41, 5.74) is 3.12. The summed E-state index contributed by atoms with van der Waals surface area (Å²) < 4.78 is 11.7. The Morgan fingerprint density at radius 2 is 2.04 bits per heavy atom. The van der Waals surface area contributed by atoms with Crippen LogP contribution in [-0.2, 0) is 11.2 Å². The topological polar surface area (TPSA) is 21.7 Å². The van der Waals surface area contributed by atoms with Crippen molar-refractivity contribution in [2.75, 3.05) is 26.8 Å². The van der Waals surface area contributed by atoms with Crippen molar-refractivity contribution in [2.45, 2.75) is 63.0 Å². The van der Waals surface area contributed by atoms with Crippen molar-refractivity contribution in [1.29, 1.82) is 0 Å². The summed E-state index contributed by atoms with van der Waals surface area (Å²) in [6.45, 7) is 2.95. The van der Waals surface area contributed by atoms with E-state index < -0.39 is 0 Å². The van der Waals surface area contributed by atoms with Crippen molar-refractivity contribution in [1.82, 2.24) is 4.90 Å². The van der Waals surface area contributed by atoms with Gasteiger partial charge < -0.3 is 14.4 Å². The van der Waals surface area contributed by atoms with Gasteiger partial charge in [-0.15, -0.1) is 0 Å². The van der Waals surface area contributed by atoms with E-state index in [1.807, 2.05) is 0 Å². The van der Waals surface area contributed by atoms with Gasteiger partial charge in [-0.2, -0.15) is 0 Å². The first kappa shape index (κ1) is 15.5. The monoisotopic (exact) mass is 315 g/mol. The Morgan fingerprint density at radius 1 is 1.17 bits per heavy atom. The molecule has 2 heterocycles. The Morgan fingerprint density at radius 3 is 2.83 bits per heavy atom. The summed E-state index contributed by atoms with van der Waals surface area (Å²) in [5, 5.41) is 0. The van der Waals surface area contributed by atoms with Crippen molar-refractivity contribution in [3.8, 4) is 5.75 Å². The van der Waals surface area contributed by atoms with Crippen LogP contribution in [0, 0.1) is 0 Å². The molecule has 23 heavy (non-hydrogen) atoms. The minimum atomic E-state index is 0.336. The second kappa shape index (κ2) is 6.82. The molecule has 4 rings (SSSR count). The van der Waals surface area contributed by atoms with E-state index in [1.54, 1.807) is 11.1 Å². The molecule has 2 atom stereocenters. The molecule has 1 aromatic carbocycles. The SMILES string of the molecule is CN1CCC[C@@H]1C[C@H]1CCc2ccc(OC3CCOCC3)cc21. The molecule has 0 spiro atoms. The second-order valence-corrected chi connectivity index (χ2v) is 7.54. The number of benzene rings is 1. The number of hydrogen-bond donors (Lipinski definition) is 0. The zero-order chi connectivity index (χ0) is 15.6. The van der Waals surface area contributed by atoms with Gasteiger partial charge in [-0.3, -0.25) is 0 Å². The molecule has 0 saturated carbocycles. The van der Waals surface area contributed by atoms with E-state index >= 15 is 0 Å². The molecule has 0 unspecified atom stereocenters. The van der Waals surface area contributed by atoms with Crippen LogP contribution < -0.4 is 4.74 Å². The molecular weight excluding hydrogens is 286 g/mol. The Balaban J connectivity index is 1.45. The summed E-state index contributed by atoms with van der Waals surface area (Å²) >= 11 is 0. The lowest BCUT2D eigenvalue weighted by atomic mass is 9.92. The van der Waals surface area contributed by atoms with E-state index in [0.29, 0.717) is 6.10 Å². The highest BCUT2D eigenvalue weighted by Crippen LogP contribution is 2.40. The highest BCUT2D eigenvalue weighted by molar-refractivity contribution is 5.41. The molecule has 3 aliphatic rings. The van der Waals surface area contributed by atoms with Gasteiger partial charge >= 0.3 is 0 Å². The summed E-state index contributed by atoms with van der Waals surface area (Å²) in [6, 6.07) is 7.61. The van der Waals surface area contributed by atoms with Crippen molar-refractivity contribution >= 4 is 0 Å². The van der Waals surface area contributed by atoms with E-state index in [9.17, 15) is 0 Å². The molecule has 3 nitrogen and oxygen atoms in total. The number of ether oxygens (including phenoxy) is 2. The van der Waals surface area contributed by atoms with Crippen molar-refractivity contribution in [2.24, 2.45) is 0 Å². The van der Waals surface area contributed by atoms with Crippen LogP contribution in [0.15, 0.2) is 18.2 Å². The summed E-state index contributed by atoms with van der Waals surface area (Å²) in [7, 11) is 2.29. The van der Waals surface area contributed by atoms with Crippen LogP contribution in [0.5, 0.6) is 5.75 Å². The van der Waals surface area contributed by atoms with E-state index in [2.05, 4.69) is 30.1 Å². The predicted molar refractivity (Wildman–Crippen MR) is 92.2 cm³/mol. The average molecular weight is 315 g/mol. The zero-order valence-corrected chi connectivity index (χ0v) is 14.3. The third kappa shape index (κ3) is 3.41. The largest absolute Gasteiger partial charge is 0.490 e. The third-order valence-electron chi connectivity index (χ3n) is 6.02. The van der Waals surface area contributed by atoms with Gasteiger partial charge in [0.1, 0.15) is 11.9 Å². The highest BCUT2D eigenvalue weighted by atomic mass is 16.5. The maximum Gasteiger partial charge on any atom is 0.120 e. The number of hydrogen-bond acceptors (Lipinski definition) is 3. The Bertz CT molecular complexity index is 538. The molecule has 1 aromatic rings. The molecular formula is C20H29NO2. The molecule has 0 amide bonds. The summed E-state index contributed by atoms with van der Waals surface area (Å²) in [4.78, 5) is 2.56. The maximum atomic E-state index is 6.23. The molecule has 3 heteroatoms. The first-order valence-corrected chi connectivity index (χ1v) is 9.37. The molecule has 2 saturated heterocycles. The van der Waals surface area contributed by atoms with Crippen LogP contribution in [0.1, 0.15) is 55.6 Å². The van der Waals surface area contributed by atoms with Gasteiger partial charge in [0.2, 0.25) is 0 Å². The van der Waals surface area contributed by atoms with Crippen LogP contribution in [0.25, 0.3) is 0 Å². The van der Waals surface area contributed by atoms with Crippen LogP contribution >= 0.6 is 0 Å². The van der Waals surface area contributed by atoms with Gasteiger partial charge in [0.05, 0.1) is 13.2 Å². The van der Waals surface area contributed by atoms with E-state index in [-0.39, 0.29) is 0 Å². The van der Waals surface area contributed by atoms with Gasteiger partial charge in [-0.25, -0.2) is 0 Å². The fourth-order valence-corrected chi connectivity index (χ4v) is 4.58. The first-order chi connectivity index (χ1) is 11.3. The number of rotatable bonds is 4. The molecule has 0 radical (unpaired) electrons. The van der Waals surface area contributed by atoms with E-state index in [1.165, 1.54) is 38.6 Å². The molecule has 1 aliphatic carbocycles. The minimum absolute atomic E-state index is 0.336. The van der Waals surface area contributed by atoms with Crippen molar-refractivity contribution < 1.29 is 9.47 Å². The first-order valence-electron chi connectivity index (χ1n) is 9.37. The smallest absolute Gasteiger partial charge is 0.120 e. The standard InChI is InChI=1S/C20H29NO2/c1-21-10-2-3-17(21)13-16-5-4-15-6-7-19(14-20(15)16)23-18-8-11-22-12-9-18/h6-7,14,16-18H,2-5,8-13H2,1H3/t16-,17-/m1/s1. The quantitative estimate of drug-likeness (QED) is 0.844. The predicted octanol–water partition coefficient (Wildman–Crippen LogP) is 3.76. The maximum absolute atomic E-state index is 6.23. The molecule has 2 aliphatic heterocycles. The minimum Gasteiger partial charge on any atom is -0.490 e. The zero-order valence-electron chi connectivity index (χ0n) is 14.3. The Hall–Kier alpha value is -1.06. The van der Waals surface area contributed by atoms with Gasteiger partial charge in [-0.1, -0.05) is 6.07 Å². The summed E-state index contributed by atoms with van der Waals surface area (Å²) in [6.07, 6.45) is 9.01. The van der Waals surface area contributed by atoms with Crippen LogP contribution in [-0.4, -0.2) is 43.9 Å². The second-order valence-electron chi connectivity index (χ2n) is 7.54. The third-order valence-corrected chi connectivity index (χ3v) is 6.02. The van der Waals surface area contributed by atoms with Crippen molar-refractivity contribution in [3.05, 3.63) is 29.3 Å². The molecule has 0 N–H and O–H groups in total. The lowest BCUT2D eigenvalue weighted by Crippen LogP contribution is -2.26. The lowest BCUT2D eigenvalue weighted by molar-refractivity contribution is 0.0255. The molecule has 126 valence electrons. The van der Waals surface area contributed by atoms with E-state index in [4.69, 9.17) is 9.47 Å². The number of likely N-dealkylation sites (tertiary alicyclic amines) is 1. The number of nitrogens with zero attached hydrogens (tertiary/aromatic N) is 1. The Kier molecular flexibility index (Phi) is 4.59. The van der Waals surface area contributed by atoms with Gasteiger partial charge in [-0.05, 0) is 74.9 Å². The highest BCUT2D eigenvalue weighted by Gasteiger charge is 2.29. The normalized spacial score (nSPS) is 28.9. The van der Waals surface area contributed by atoms with Crippen LogP contribution in [0.2, 0.25) is 0 Å². The Labute approximate surface area is 140 Å². The van der Waals surface area contributed by atoms with Gasteiger partial charge in [0.15, 0.2) is 0 Å². The van der Waals surface area contributed by atoms with Gasteiger partial charge in [0.25, 0.3) is 0 Å². The summed E-state index contributed by atoms with van der Waals surface area (Å²) in [5.74, 6) is 1.80. The fraction of sp³-hybridized carbons (Fsp3) is 0.700. The number of fused-ring (bicyclic) bond motifs is 1. The number of aryl methyl sites for hydroxylation is 1. The fourth-order valence-electron chi connectivity index (χ4n) is 4.58. The van der Waals surface area contributed by atoms with Crippen molar-refractivity contribution in [3.63, 3.8) is 0 Å². The molecule has 0 bridgehead atoms. The van der Waals surface area contributed by atoms with Crippen LogP contribution in [0.3, 0.4) is 0 Å². The molecule has 2 fully saturated rings. The average Bonchev–Trinajstić information content (AvgIpc) is 3.16. The van der Waals surface area contributed by atoms with Gasteiger partial charge in [0, 0.05) is 18.9 Å². The lowest BCUT2D eigenvalue weighted by Gasteiger charge is -2.25. The molecule has 0 aromatic heterocycles.